The van der Waals surface area contributed by atoms with Crippen LogP contribution in [0, 0.1) is 5.92 Å². The number of hydrogen-bond acceptors (Lipinski definition) is 1. The number of rotatable bonds is 3. The Morgan fingerprint density at radius 2 is 2.11 bits per heavy atom. The van der Waals surface area contributed by atoms with Crippen molar-refractivity contribution in [2.45, 2.75) is 20.3 Å². The molecule has 0 heterocycles. The highest BCUT2D eigenvalue weighted by atomic mass is 15.0. The van der Waals surface area contributed by atoms with Crippen molar-refractivity contribution in [2.75, 3.05) is 6.54 Å². The fraction of sp³-hybridized carbons (Fsp3) is 0.833. The fourth-order valence-electron chi connectivity index (χ4n) is 0.390. The molecule has 0 radical (unpaired) electrons. The Morgan fingerprint density at radius 1 is 1.56 bits per heavy atom. The number of guanidine groups is 1. The summed E-state index contributed by atoms with van der Waals surface area (Å²) in [6.07, 6.45) is 1.12. The molecule has 0 saturated heterocycles. The van der Waals surface area contributed by atoms with Gasteiger partial charge in [0.1, 0.15) is 0 Å². The molecule has 0 amide bonds. The summed E-state index contributed by atoms with van der Waals surface area (Å²) < 4.78 is 0. The number of nitrogens with zero attached hydrogens (tertiary/aromatic N) is 1. The molecule has 3 heteroatoms. The van der Waals surface area contributed by atoms with E-state index in [1.807, 2.05) is 0 Å². The second-order valence-electron chi connectivity index (χ2n) is 2.28. The number of hydrogen-bond donors (Lipinski definition) is 2. The van der Waals surface area contributed by atoms with E-state index >= 15 is 0 Å². The van der Waals surface area contributed by atoms with Crippen molar-refractivity contribution in [3.05, 3.63) is 0 Å². The van der Waals surface area contributed by atoms with Gasteiger partial charge in [-0.15, -0.1) is 0 Å². The van der Waals surface area contributed by atoms with Crippen LogP contribution < -0.4 is 11.5 Å². The Morgan fingerprint density at radius 3 is 2.44 bits per heavy atom. The Labute approximate surface area is 56.1 Å². The molecule has 0 aliphatic carbocycles. The number of nitrogens with two attached hydrogens (primary N) is 2. The van der Waals surface area contributed by atoms with Gasteiger partial charge in [0.05, 0.1) is 0 Å². The van der Waals surface area contributed by atoms with Gasteiger partial charge in [-0.3, -0.25) is 4.99 Å². The molecule has 0 aliphatic rings. The minimum Gasteiger partial charge on any atom is -0.370 e. The van der Waals surface area contributed by atoms with Crippen LogP contribution in [0.3, 0.4) is 0 Å². The highest BCUT2D eigenvalue weighted by molar-refractivity contribution is 5.75. The third kappa shape index (κ3) is 5.14. The van der Waals surface area contributed by atoms with E-state index in [0.717, 1.165) is 13.0 Å². The maximum atomic E-state index is 5.12. The Kier molecular flexibility index (Phi) is 3.84. The Balaban J connectivity index is 3.37. The van der Waals surface area contributed by atoms with Gasteiger partial charge in [-0.2, -0.15) is 0 Å². The van der Waals surface area contributed by atoms with Crippen LogP contribution in [0.15, 0.2) is 4.99 Å². The van der Waals surface area contributed by atoms with Gasteiger partial charge in [-0.1, -0.05) is 20.3 Å². The van der Waals surface area contributed by atoms with Crippen LogP contribution in [0.2, 0.25) is 0 Å². The van der Waals surface area contributed by atoms with Gasteiger partial charge < -0.3 is 11.5 Å². The molecule has 0 aromatic rings. The van der Waals surface area contributed by atoms with E-state index in [1.54, 1.807) is 0 Å². The summed E-state index contributed by atoms with van der Waals surface area (Å²) in [7, 11) is 0. The lowest BCUT2D eigenvalue weighted by molar-refractivity contribution is 0.576. The van der Waals surface area contributed by atoms with Gasteiger partial charge in [-0.05, 0) is 5.92 Å². The summed E-state index contributed by atoms with van der Waals surface area (Å²) in [6, 6.07) is 0. The van der Waals surface area contributed by atoms with Gasteiger partial charge in [-0.25, -0.2) is 0 Å². The molecule has 0 aliphatic heterocycles. The zero-order valence-electron chi connectivity index (χ0n) is 6.09. The van der Waals surface area contributed by atoms with Crippen molar-refractivity contribution in [1.29, 1.82) is 0 Å². The first-order chi connectivity index (χ1) is 4.16. The molecule has 0 bridgehead atoms. The van der Waals surface area contributed by atoms with Crippen LogP contribution in [0.25, 0.3) is 0 Å². The van der Waals surface area contributed by atoms with E-state index in [4.69, 9.17) is 11.5 Å². The van der Waals surface area contributed by atoms with E-state index in [9.17, 15) is 0 Å². The van der Waals surface area contributed by atoms with Crippen molar-refractivity contribution in [3.8, 4) is 0 Å². The maximum absolute atomic E-state index is 5.12. The molecule has 0 aromatic heterocycles. The van der Waals surface area contributed by atoms with Crippen LogP contribution in [-0.2, 0) is 0 Å². The molecule has 9 heavy (non-hydrogen) atoms. The van der Waals surface area contributed by atoms with Crippen LogP contribution >= 0.6 is 0 Å². The minimum atomic E-state index is 0.190. The van der Waals surface area contributed by atoms with Crippen LogP contribution in [0.1, 0.15) is 20.3 Å². The average molecular weight is 129 g/mol. The molecule has 1 atom stereocenters. The van der Waals surface area contributed by atoms with Crippen LogP contribution in [0.5, 0.6) is 0 Å². The second-order valence-corrected chi connectivity index (χ2v) is 2.28. The molecule has 3 nitrogen and oxygen atoms in total. The lowest BCUT2D eigenvalue weighted by Gasteiger charge is -2.01. The van der Waals surface area contributed by atoms with Gasteiger partial charge in [0.15, 0.2) is 5.96 Å². The smallest absolute Gasteiger partial charge is 0.185 e. The highest BCUT2D eigenvalue weighted by Crippen LogP contribution is 1.98. The first-order valence-electron chi connectivity index (χ1n) is 3.22. The van der Waals surface area contributed by atoms with Crippen LogP contribution in [-0.4, -0.2) is 12.5 Å². The van der Waals surface area contributed by atoms with E-state index in [2.05, 4.69) is 18.8 Å². The molecule has 54 valence electrons. The van der Waals surface area contributed by atoms with Crippen molar-refractivity contribution < 1.29 is 0 Å². The molecule has 0 saturated carbocycles. The van der Waals surface area contributed by atoms with Crippen molar-refractivity contribution in [1.82, 2.24) is 0 Å². The molecule has 0 spiro atoms. The minimum absolute atomic E-state index is 0.190. The van der Waals surface area contributed by atoms with E-state index in [0.29, 0.717) is 5.92 Å². The molecular formula is C6H15N3. The first kappa shape index (κ1) is 8.27. The highest BCUT2D eigenvalue weighted by Gasteiger charge is 1.94. The summed E-state index contributed by atoms with van der Waals surface area (Å²) in [5, 5.41) is 0. The lowest BCUT2D eigenvalue weighted by Crippen LogP contribution is -2.23. The van der Waals surface area contributed by atoms with E-state index in [1.165, 1.54) is 0 Å². The quantitative estimate of drug-likeness (QED) is 0.425. The summed E-state index contributed by atoms with van der Waals surface area (Å²) >= 11 is 0. The van der Waals surface area contributed by atoms with Crippen molar-refractivity contribution in [3.63, 3.8) is 0 Å². The fourth-order valence-corrected chi connectivity index (χ4v) is 0.390. The van der Waals surface area contributed by atoms with E-state index < -0.39 is 0 Å². The topological polar surface area (TPSA) is 64.4 Å². The Bertz CT molecular complexity index is 94.5. The third-order valence-electron chi connectivity index (χ3n) is 1.28. The second kappa shape index (κ2) is 4.18. The molecule has 0 aromatic carbocycles. The summed E-state index contributed by atoms with van der Waals surface area (Å²) in [5.74, 6) is 0.780. The normalized spacial score (nSPS) is 12.7. The zero-order valence-corrected chi connectivity index (χ0v) is 6.09. The predicted molar refractivity (Wildman–Crippen MR) is 40.1 cm³/mol. The van der Waals surface area contributed by atoms with Gasteiger partial charge in [0, 0.05) is 6.54 Å². The first-order valence-corrected chi connectivity index (χ1v) is 3.22. The van der Waals surface area contributed by atoms with Crippen LogP contribution in [0.4, 0.5) is 0 Å². The summed E-state index contributed by atoms with van der Waals surface area (Å²) in [4.78, 5) is 3.87. The zero-order chi connectivity index (χ0) is 7.28. The van der Waals surface area contributed by atoms with E-state index in [-0.39, 0.29) is 5.96 Å². The molecule has 0 rings (SSSR count). The molecule has 4 N–H and O–H groups in total. The average Bonchev–Trinajstić information content (AvgIpc) is 1.83. The van der Waals surface area contributed by atoms with Gasteiger partial charge >= 0.3 is 0 Å². The third-order valence-corrected chi connectivity index (χ3v) is 1.28. The van der Waals surface area contributed by atoms with Crippen molar-refractivity contribution in [2.24, 2.45) is 22.4 Å². The summed E-state index contributed by atoms with van der Waals surface area (Å²) in [6.45, 7) is 4.98. The molecular weight excluding hydrogens is 114 g/mol. The van der Waals surface area contributed by atoms with Gasteiger partial charge in [0.25, 0.3) is 0 Å². The predicted octanol–water partition coefficient (Wildman–Crippen LogP) is 0.306. The maximum Gasteiger partial charge on any atom is 0.185 e. The van der Waals surface area contributed by atoms with Crippen molar-refractivity contribution >= 4 is 5.96 Å². The SMILES string of the molecule is CCC(C)CN=C(N)N. The lowest BCUT2D eigenvalue weighted by atomic mass is 10.1. The largest absolute Gasteiger partial charge is 0.370 e. The van der Waals surface area contributed by atoms with Gasteiger partial charge in [0.2, 0.25) is 0 Å². The molecule has 0 fully saturated rings. The summed E-state index contributed by atoms with van der Waals surface area (Å²) in [5.41, 5.74) is 10.2. The number of aliphatic imine (C=N–C) groups is 1. The Hall–Kier alpha value is -0.730. The monoisotopic (exact) mass is 129 g/mol. The molecule has 1 unspecified atom stereocenters. The standard InChI is InChI=1S/C6H15N3/c1-3-5(2)4-9-6(7)8/h5H,3-4H2,1-2H3,(H4,7,8,9).